The van der Waals surface area contributed by atoms with E-state index in [1.54, 1.807) is 6.07 Å². The Bertz CT molecular complexity index is 380. The molecule has 1 heterocycles. The van der Waals surface area contributed by atoms with Gasteiger partial charge in [-0.25, -0.2) is 4.39 Å². The van der Waals surface area contributed by atoms with E-state index in [1.165, 1.54) is 12.5 Å². The highest BCUT2D eigenvalue weighted by molar-refractivity contribution is 5.31. The molecule has 0 radical (unpaired) electrons. The number of rotatable bonds is 1. The molecule has 1 fully saturated rings. The van der Waals surface area contributed by atoms with Gasteiger partial charge in [-0.05, 0) is 56.6 Å². The normalized spacial score (nSPS) is 26.8. The molecule has 17 heavy (non-hydrogen) atoms. The fourth-order valence-corrected chi connectivity index (χ4v) is 2.76. The monoisotopic (exact) mass is 236 g/mol. The van der Waals surface area contributed by atoms with E-state index in [-0.39, 0.29) is 17.9 Å². The van der Waals surface area contributed by atoms with Crippen LogP contribution in [0.5, 0.6) is 0 Å². The van der Waals surface area contributed by atoms with Gasteiger partial charge in [0.15, 0.2) is 0 Å². The van der Waals surface area contributed by atoms with Crippen molar-refractivity contribution in [3.8, 4) is 0 Å². The first kappa shape index (κ1) is 12.5. The van der Waals surface area contributed by atoms with Gasteiger partial charge in [0.1, 0.15) is 5.82 Å². The smallest absolute Gasteiger partial charge is 0.123 e. The summed E-state index contributed by atoms with van der Waals surface area (Å²) in [4.78, 5) is 2.26. The number of nitrogens with zero attached hydrogens (tertiary/aromatic N) is 1. The Morgan fingerprint density at radius 1 is 1.35 bits per heavy atom. The standard InChI is InChI=1S/C14H21FN2/c1-10-6-7-11(15)9-12(10)14-13(16)5-3-4-8-17(14)2/h6-7,9,13-14H,3-5,8,16H2,1-2H3. The van der Waals surface area contributed by atoms with Crippen LogP contribution in [0.3, 0.4) is 0 Å². The van der Waals surface area contributed by atoms with Gasteiger partial charge in [0.2, 0.25) is 0 Å². The summed E-state index contributed by atoms with van der Waals surface area (Å²) in [6, 6.07) is 5.25. The molecule has 1 saturated heterocycles. The number of benzene rings is 1. The van der Waals surface area contributed by atoms with Gasteiger partial charge in [-0.15, -0.1) is 0 Å². The van der Waals surface area contributed by atoms with Crippen LogP contribution in [0.1, 0.15) is 36.4 Å². The second-order valence-corrected chi connectivity index (χ2v) is 5.09. The third-order valence-corrected chi connectivity index (χ3v) is 3.74. The Kier molecular flexibility index (Phi) is 3.79. The number of nitrogens with two attached hydrogens (primary N) is 1. The quantitative estimate of drug-likeness (QED) is 0.812. The van der Waals surface area contributed by atoms with Crippen LogP contribution in [0.25, 0.3) is 0 Å². The molecular formula is C14H21FN2. The Balaban J connectivity index is 2.37. The van der Waals surface area contributed by atoms with E-state index in [0.29, 0.717) is 0 Å². The maximum absolute atomic E-state index is 13.4. The van der Waals surface area contributed by atoms with E-state index in [1.807, 2.05) is 13.0 Å². The van der Waals surface area contributed by atoms with Crippen molar-refractivity contribution in [2.75, 3.05) is 13.6 Å². The largest absolute Gasteiger partial charge is 0.326 e. The minimum atomic E-state index is -0.171. The van der Waals surface area contributed by atoms with E-state index in [0.717, 1.165) is 30.5 Å². The molecule has 0 bridgehead atoms. The van der Waals surface area contributed by atoms with Gasteiger partial charge >= 0.3 is 0 Å². The van der Waals surface area contributed by atoms with E-state index in [2.05, 4.69) is 11.9 Å². The highest BCUT2D eigenvalue weighted by Crippen LogP contribution is 2.30. The topological polar surface area (TPSA) is 29.3 Å². The minimum Gasteiger partial charge on any atom is -0.326 e. The molecule has 0 amide bonds. The molecule has 2 unspecified atom stereocenters. The first-order chi connectivity index (χ1) is 8.09. The van der Waals surface area contributed by atoms with Crippen LogP contribution in [0, 0.1) is 12.7 Å². The highest BCUT2D eigenvalue weighted by atomic mass is 19.1. The molecule has 0 spiro atoms. The fourth-order valence-electron chi connectivity index (χ4n) is 2.76. The average Bonchev–Trinajstić information content (AvgIpc) is 2.44. The molecular weight excluding hydrogens is 215 g/mol. The molecule has 2 N–H and O–H groups in total. The summed E-state index contributed by atoms with van der Waals surface area (Å²) >= 11 is 0. The zero-order valence-electron chi connectivity index (χ0n) is 10.6. The zero-order chi connectivity index (χ0) is 12.4. The Hall–Kier alpha value is -0.930. The van der Waals surface area contributed by atoms with Gasteiger partial charge in [0.05, 0.1) is 0 Å². The van der Waals surface area contributed by atoms with Crippen molar-refractivity contribution in [1.82, 2.24) is 4.90 Å². The molecule has 94 valence electrons. The lowest BCUT2D eigenvalue weighted by molar-refractivity contribution is 0.229. The molecule has 1 aromatic carbocycles. The lowest BCUT2D eigenvalue weighted by Crippen LogP contribution is -2.38. The van der Waals surface area contributed by atoms with E-state index in [4.69, 9.17) is 5.73 Å². The summed E-state index contributed by atoms with van der Waals surface area (Å²) in [5.74, 6) is -0.171. The Labute approximate surface area is 103 Å². The maximum Gasteiger partial charge on any atom is 0.123 e. The molecule has 0 saturated carbocycles. The van der Waals surface area contributed by atoms with Crippen LogP contribution in [0.4, 0.5) is 4.39 Å². The highest BCUT2D eigenvalue weighted by Gasteiger charge is 2.27. The third-order valence-electron chi connectivity index (χ3n) is 3.74. The molecule has 0 aliphatic carbocycles. The van der Waals surface area contributed by atoms with Crippen LogP contribution >= 0.6 is 0 Å². The van der Waals surface area contributed by atoms with Gasteiger partial charge in [0, 0.05) is 12.1 Å². The van der Waals surface area contributed by atoms with Gasteiger partial charge in [-0.2, -0.15) is 0 Å². The van der Waals surface area contributed by atoms with Crippen LogP contribution in [0.15, 0.2) is 18.2 Å². The molecule has 3 heteroatoms. The first-order valence-corrected chi connectivity index (χ1v) is 6.31. The lowest BCUT2D eigenvalue weighted by Gasteiger charge is -2.31. The average molecular weight is 236 g/mol. The van der Waals surface area contributed by atoms with Gasteiger partial charge in [0.25, 0.3) is 0 Å². The lowest BCUT2D eigenvalue weighted by atomic mass is 9.93. The predicted molar refractivity (Wildman–Crippen MR) is 68.3 cm³/mol. The minimum absolute atomic E-state index is 0.1000. The second kappa shape index (κ2) is 5.15. The summed E-state index contributed by atoms with van der Waals surface area (Å²) in [5.41, 5.74) is 8.43. The first-order valence-electron chi connectivity index (χ1n) is 6.31. The number of likely N-dealkylation sites (N-methyl/N-ethyl adjacent to an activating group) is 1. The van der Waals surface area contributed by atoms with Crippen molar-refractivity contribution >= 4 is 0 Å². The van der Waals surface area contributed by atoms with Crippen molar-refractivity contribution in [2.24, 2.45) is 5.73 Å². The molecule has 2 atom stereocenters. The number of likely N-dealkylation sites (tertiary alicyclic amines) is 1. The molecule has 1 aliphatic heterocycles. The number of aryl methyl sites for hydroxylation is 1. The fraction of sp³-hybridized carbons (Fsp3) is 0.571. The van der Waals surface area contributed by atoms with Crippen molar-refractivity contribution < 1.29 is 4.39 Å². The van der Waals surface area contributed by atoms with E-state index in [9.17, 15) is 4.39 Å². The van der Waals surface area contributed by atoms with Gasteiger partial charge in [-0.1, -0.05) is 12.5 Å². The summed E-state index contributed by atoms with van der Waals surface area (Å²) in [5, 5.41) is 0. The maximum atomic E-state index is 13.4. The predicted octanol–water partition coefficient (Wildman–Crippen LogP) is 2.62. The molecule has 2 rings (SSSR count). The summed E-state index contributed by atoms with van der Waals surface area (Å²) in [6.45, 7) is 3.06. The molecule has 1 aromatic rings. The van der Waals surface area contributed by atoms with Crippen molar-refractivity contribution in [2.45, 2.75) is 38.3 Å². The summed E-state index contributed by atoms with van der Waals surface area (Å²) in [6.07, 6.45) is 3.36. The molecule has 2 nitrogen and oxygen atoms in total. The molecule has 1 aliphatic rings. The number of hydrogen-bond donors (Lipinski definition) is 1. The third kappa shape index (κ3) is 2.67. The Morgan fingerprint density at radius 2 is 2.12 bits per heavy atom. The summed E-state index contributed by atoms with van der Waals surface area (Å²) in [7, 11) is 2.08. The second-order valence-electron chi connectivity index (χ2n) is 5.09. The van der Waals surface area contributed by atoms with Crippen LogP contribution in [-0.4, -0.2) is 24.5 Å². The number of hydrogen-bond acceptors (Lipinski definition) is 2. The molecule has 0 aromatic heterocycles. The van der Waals surface area contributed by atoms with Crippen LogP contribution < -0.4 is 5.73 Å². The van der Waals surface area contributed by atoms with Gasteiger partial charge < -0.3 is 5.73 Å². The van der Waals surface area contributed by atoms with Gasteiger partial charge in [-0.3, -0.25) is 4.90 Å². The van der Waals surface area contributed by atoms with E-state index < -0.39 is 0 Å². The zero-order valence-corrected chi connectivity index (χ0v) is 10.6. The number of halogens is 1. The van der Waals surface area contributed by atoms with Crippen molar-refractivity contribution in [1.29, 1.82) is 0 Å². The van der Waals surface area contributed by atoms with Crippen LogP contribution in [-0.2, 0) is 0 Å². The summed E-state index contributed by atoms with van der Waals surface area (Å²) < 4.78 is 13.4. The van der Waals surface area contributed by atoms with Crippen molar-refractivity contribution in [3.05, 3.63) is 35.1 Å². The van der Waals surface area contributed by atoms with E-state index >= 15 is 0 Å². The van der Waals surface area contributed by atoms with Crippen molar-refractivity contribution in [3.63, 3.8) is 0 Å². The van der Waals surface area contributed by atoms with Crippen LogP contribution in [0.2, 0.25) is 0 Å². The Morgan fingerprint density at radius 3 is 2.88 bits per heavy atom. The SMILES string of the molecule is Cc1ccc(F)cc1C1C(N)CCCCN1C.